The van der Waals surface area contributed by atoms with Crippen molar-refractivity contribution >= 4 is 16.9 Å². The first-order chi connectivity index (χ1) is 10.3. The highest BCUT2D eigenvalue weighted by molar-refractivity contribution is 5.79. The van der Waals surface area contributed by atoms with Crippen molar-refractivity contribution in [3.8, 4) is 17.1 Å². The molecular formula is C15H14N4O2. The minimum atomic E-state index is -0.378. The number of nitrogens with zero attached hydrogens (tertiary/aromatic N) is 1. The quantitative estimate of drug-likeness (QED) is 0.385. The number of aromatic amines is 1. The predicted molar refractivity (Wildman–Crippen MR) is 79.4 cm³/mol. The van der Waals surface area contributed by atoms with E-state index in [-0.39, 0.29) is 12.5 Å². The van der Waals surface area contributed by atoms with Gasteiger partial charge in [-0.05, 0) is 36.4 Å². The highest BCUT2D eigenvalue weighted by Gasteiger charge is 2.05. The van der Waals surface area contributed by atoms with Gasteiger partial charge < -0.3 is 9.72 Å². The first-order valence-electron chi connectivity index (χ1n) is 6.44. The summed E-state index contributed by atoms with van der Waals surface area (Å²) >= 11 is 0. The molecule has 3 rings (SSSR count). The molecule has 0 aliphatic carbocycles. The second-order valence-electron chi connectivity index (χ2n) is 4.48. The Morgan fingerprint density at radius 1 is 1.19 bits per heavy atom. The van der Waals surface area contributed by atoms with Gasteiger partial charge in [0.2, 0.25) is 0 Å². The van der Waals surface area contributed by atoms with E-state index in [4.69, 9.17) is 10.6 Å². The Morgan fingerprint density at radius 3 is 2.67 bits per heavy atom. The number of hydrogen-bond acceptors (Lipinski definition) is 4. The monoisotopic (exact) mass is 282 g/mol. The number of fused-ring (bicyclic) bond motifs is 1. The summed E-state index contributed by atoms with van der Waals surface area (Å²) in [5, 5.41) is 0. The van der Waals surface area contributed by atoms with E-state index in [1.54, 1.807) is 12.1 Å². The molecular weight excluding hydrogens is 268 g/mol. The van der Waals surface area contributed by atoms with Crippen LogP contribution in [0.4, 0.5) is 0 Å². The van der Waals surface area contributed by atoms with Gasteiger partial charge in [0.05, 0.1) is 11.0 Å². The topological polar surface area (TPSA) is 93.0 Å². The Kier molecular flexibility index (Phi) is 3.53. The number of nitrogens with one attached hydrogen (secondary N) is 2. The Hall–Kier alpha value is -2.86. The van der Waals surface area contributed by atoms with Crippen LogP contribution < -0.4 is 16.0 Å². The molecule has 6 heteroatoms. The van der Waals surface area contributed by atoms with Crippen LogP contribution in [0, 0.1) is 0 Å². The fraction of sp³-hybridized carbons (Fsp3) is 0.0667. The Morgan fingerprint density at radius 2 is 1.95 bits per heavy atom. The van der Waals surface area contributed by atoms with Gasteiger partial charge in [-0.1, -0.05) is 12.1 Å². The number of rotatable bonds is 4. The van der Waals surface area contributed by atoms with Gasteiger partial charge in [-0.25, -0.2) is 10.8 Å². The fourth-order valence-electron chi connectivity index (χ4n) is 1.99. The largest absolute Gasteiger partial charge is 0.484 e. The molecule has 6 nitrogen and oxygen atoms in total. The van der Waals surface area contributed by atoms with Gasteiger partial charge in [0, 0.05) is 5.56 Å². The summed E-state index contributed by atoms with van der Waals surface area (Å²) in [7, 11) is 0. The molecule has 0 bridgehead atoms. The number of hydrazine groups is 1. The number of para-hydroxylation sites is 2. The van der Waals surface area contributed by atoms with E-state index < -0.39 is 0 Å². The van der Waals surface area contributed by atoms with E-state index >= 15 is 0 Å². The lowest BCUT2D eigenvalue weighted by Crippen LogP contribution is -2.34. The van der Waals surface area contributed by atoms with Crippen molar-refractivity contribution in [3.63, 3.8) is 0 Å². The molecule has 1 heterocycles. The van der Waals surface area contributed by atoms with E-state index in [0.29, 0.717) is 5.75 Å². The van der Waals surface area contributed by atoms with Crippen LogP contribution in [-0.4, -0.2) is 22.5 Å². The number of hydrogen-bond donors (Lipinski definition) is 3. The van der Waals surface area contributed by atoms with Crippen LogP contribution in [0.1, 0.15) is 0 Å². The molecule has 0 atom stereocenters. The predicted octanol–water partition coefficient (Wildman–Crippen LogP) is 1.60. The molecule has 0 aliphatic heterocycles. The Labute approximate surface area is 120 Å². The van der Waals surface area contributed by atoms with Crippen molar-refractivity contribution in [2.45, 2.75) is 0 Å². The number of amides is 1. The van der Waals surface area contributed by atoms with Crippen molar-refractivity contribution < 1.29 is 9.53 Å². The molecule has 2 aromatic carbocycles. The summed E-state index contributed by atoms with van der Waals surface area (Å²) in [5.41, 5.74) is 4.87. The van der Waals surface area contributed by atoms with Crippen LogP contribution in [0.25, 0.3) is 22.4 Å². The molecule has 0 saturated heterocycles. The highest BCUT2D eigenvalue weighted by Crippen LogP contribution is 2.22. The van der Waals surface area contributed by atoms with Crippen LogP contribution in [0.3, 0.4) is 0 Å². The van der Waals surface area contributed by atoms with Gasteiger partial charge in [-0.2, -0.15) is 0 Å². The SMILES string of the molecule is NNC(=O)COc1ccc(-c2nc3ccccc3[nH]2)cc1. The summed E-state index contributed by atoms with van der Waals surface area (Å²) in [5.74, 6) is 5.99. The zero-order valence-corrected chi connectivity index (χ0v) is 11.2. The second kappa shape index (κ2) is 5.64. The van der Waals surface area contributed by atoms with Gasteiger partial charge in [0.25, 0.3) is 5.91 Å². The first-order valence-corrected chi connectivity index (χ1v) is 6.44. The molecule has 0 aliphatic rings. The average Bonchev–Trinajstić information content (AvgIpc) is 2.97. The third kappa shape index (κ3) is 2.85. The van der Waals surface area contributed by atoms with Crippen LogP contribution in [0.5, 0.6) is 5.75 Å². The fourth-order valence-corrected chi connectivity index (χ4v) is 1.99. The molecule has 0 spiro atoms. The van der Waals surface area contributed by atoms with Crippen LogP contribution in [0.15, 0.2) is 48.5 Å². The standard InChI is InChI=1S/C15H14N4O2/c16-19-14(20)9-21-11-7-5-10(6-8-11)15-17-12-3-1-2-4-13(12)18-15/h1-8H,9,16H2,(H,17,18)(H,19,20). The molecule has 21 heavy (non-hydrogen) atoms. The van der Waals surface area contributed by atoms with Crippen LogP contribution >= 0.6 is 0 Å². The maximum atomic E-state index is 11.0. The number of aromatic nitrogens is 2. The summed E-state index contributed by atoms with van der Waals surface area (Å²) < 4.78 is 5.29. The summed E-state index contributed by atoms with van der Waals surface area (Å²) in [6.07, 6.45) is 0. The smallest absolute Gasteiger partial charge is 0.271 e. The molecule has 1 amide bonds. The van der Waals surface area contributed by atoms with Gasteiger partial charge in [-0.15, -0.1) is 0 Å². The number of ether oxygens (including phenoxy) is 1. The van der Waals surface area contributed by atoms with E-state index in [1.807, 2.05) is 41.8 Å². The summed E-state index contributed by atoms with van der Waals surface area (Å²) in [6, 6.07) is 15.2. The zero-order valence-electron chi connectivity index (χ0n) is 11.2. The minimum absolute atomic E-state index is 0.111. The summed E-state index contributed by atoms with van der Waals surface area (Å²) in [4.78, 5) is 18.8. The third-order valence-electron chi connectivity index (χ3n) is 3.05. The van der Waals surface area contributed by atoms with E-state index in [1.165, 1.54) is 0 Å². The number of carbonyl (C=O) groups is 1. The molecule has 0 radical (unpaired) electrons. The highest BCUT2D eigenvalue weighted by atomic mass is 16.5. The lowest BCUT2D eigenvalue weighted by atomic mass is 10.2. The molecule has 1 aromatic heterocycles. The number of nitrogens with two attached hydrogens (primary N) is 1. The van der Waals surface area contributed by atoms with Gasteiger partial charge in [0.15, 0.2) is 6.61 Å². The van der Waals surface area contributed by atoms with Crippen molar-refractivity contribution in [2.24, 2.45) is 5.84 Å². The van der Waals surface area contributed by atoms with Crippen molar-refractivity contribution in [3.05, 3.63) is 48.5 Å². The average molecular weight is 282 g/mol. The van der Waals surface area contributed by atoms with E-state index in [9.17, 15) is 4.79 Å². The van der Waals surface area contributed by atoms with Crippen molar-refractivity contribution in [1.29, 1.82) is 0 Å². The maximum Gasteiger partial charge on any atom is 0.271 e. The third-order valence-corrected chi connectivity index (χ3v) is 3.05. The van der Waals surface area contributed by atoms with E-state index in [0.717, 1.165) is 22.4 Å². The Balaban J connectivity index is 1.78. The lowest BCUT2D eigenvalue weighted by molar-refractivity contribution is -0.123. The number of imidazole rings is 1. The molecule has 106 valence electrons. The lowest BCUT2D eigenvalue weighted by Gasteiger charge is -2.05. The van der Waals surface area contributed by atoms with Gasteiger partial charge in [0.1, 0.15) is 11.6 Å². The molecule has 4 N–H and O–H groups in total. The number of benzene rings is 2. The normalized spacial score (nSPS) is 10.5. The minimum Gasteiger partial charge on any atom is -0.484 e. The number of H-pyrrole nitrogens is 1. The van der Waals surface area contributed by atoms with Crippen LogP contribution in [0.2, 0.25) is 0 Å². The van der Waals surface area contributed by atoms with E-state index in [2.05, 4.69) is 9.97 Å². The maximum absolute atomic E-state index is 11.0. The molecule has 0 unspecified atom stereocenters. The zero-order chi connectivity index (χ0) is 14.7. The molecule has 0 fully saturated rings. The second-order valence-corrected chi connectivity index (χ2v) is 4.48. The van der Waals surface area contributed by atoms with Crippen molar-refractivity contribution in [1.82, 2.24) is 15.4 Å². The molecule has 0 saturated carbocycles. The first kappa shape index (κ1) is 13.1. The Bertz CT molecular complexity index is 732. The van der Waals surface area contributed by atoms with Gasteiger partial charge in [-0.3, -0.25) is 10.2 Å². The summed E-state index contributed by atoms with van der Waals surface area (Å²) in [6.45, 7) is -0.111. The van der Waals surface area contributed by atoms with Crippen LogP contribution in [-0.2, 0) is 4.79 Å². The van der Waals surface area contributed by atoms with Gasteiger partial charge >= 0.3 is 0 Å². The van der Waals surface area contributed by atoms with Crippen molar-refractivity contribution in [2.75, 3.05) is 6.61 Å². The molecule has 3 aromatic rings. The number of carbonyl (C=O) groups excluding carboxylic acids is 1.